The number of hydrogen-bond acceptors (Lipinski definition) is 8. The van der Waals surface area contributed by atoms with E-state index in [1.807, 2.05) is 36.4 Å². The molecule has 2 N–H and O–H groups in total. The number of aliphatic hydroxyl groups is 2. The zero-order valence-electron chi connectivity index (χ0n) is 23.0. The first-order valence-corrected chi connectivity index (χ1v) is 15.2. The standard InChI is InChI=1S/C28H41N3O7Si/c1-28(2,3)39(23-10-6-4-7-11-23,24-12-8-5-9-13-24)37-21-22-20-25(32)26(33)27(38-22)36-19-18-35-17-16-34-15-14-30-31-29/h4-13,22,25-27,32-33H,14-21H2,1-3H3/t22-,25-,26-,27-/m0/s1. The van der Waals surface area contributed by atoms with Crippen LogP contribution in [-0.4, -0.2) is 89.3 Å². The third-order valence-corrected chi connectivity index (χ3v) is 11.7. The van der Waals surface area contributed by atoms with Gasteiger partial charge in [-0.25, -0.2) is 0 Å². The van der Waals surface area contributed by atoms with Gasteiger partial charge in [0.25, 0.3) is 8.32 Å². The average Bonchev–Trinajstić information content (AvgIpc) is 2.93. The van der Waals surface area contributed by atoms with Crippen LogP contribution in [0.1, 0.15) is 27.2 Å². The highest BCUT2D eigenvalue weighted by molar-refractivity contribution is 6.99. The summed E-state index contributed by atoms with van der Waals surface area (Å²) in [5.74, 6) is 0. The molecule has 39 heavy (non-hydrogen) atoms. The Morgan fingerprint density at radius 1 is 0.923 bits per heavy atom. The fourth-order valence-corrected chi connectivity index (χ4v) is 9.43. The van der Waals surface area contributed by atoms with E-state index >= 15 is 0 Å². The molecule has 0 radical (unpaired) electrons. The van der Waals surface area contributed by atoms with Crippen LogP contribution < -0.4 is 10.4 Å². The van der Waals surface area contributed by atoms with E-state index in [2.05, 4.69) is 55.1 Å². The van der Waals surface area contributed by atoms with E-state index < -0.39 is 32.9 Å². The summed E-state index contributed by atoms with van der Waals surface area (Å²) in [5.41, 5.74) is 8.23. The summed E-state index contributed by atoms with van der Waals surface area (Å²) in [4.78, 5) is 2.66. The minimum Gasteiger partial charge on any atom is -0.405 e. The zero-order valence-corrected chi connectivity index (χ0v) is 24.0. The fraction of sp³-hybridized carbons (Fsp3) is 0.571. The number of nitrogens with zero attached hydrogens (tertiary/aromatic N) is 3. The molecule has 0 aliphatic carbocycles. The average molecular weight is 560 g/mol. The molecule has 2 aromatic carbocycles. The van der Waals surface area contributed by atoms with Crippen LogP contribution in [0.5, 0.6) is 0 Å². The summed E-state index contributed by atoms with van der Waals surface area (Å²) in [6.45, 7) is 8.64. The van der Waals surface area contributed by atoms with E-state index in [-0.39, 0.29) is 37.8 Å². The zero-order chi connectivity index (χ0) is 28.1. The molecule has 1 aliphatic heterocycles. The second-order valence-electron chi connectivity index (χ2n) is 10.4. The Kier molecular flexibility index (Phi) is 12.4. The lowest BCUT2D eigenvalue weighted by Crippen LogP contribution is -2.67. The lowest BCUT2D eigenvalue weighted by molar-refractivity contribution is -0.272. The van der Waals surface area contributed by atoms with Crippen molar-refractivity contribution in [1.82, 2.24) is 0 Å². The molecule has 1 saturated heterocycles. The summed E-state index contributed by atoms with van der Waals surface area (Å²) in [5, 5.41) is 26.6. The normalized spacial score (nSPS) is 21.9. The summed E-state index contributed by atoms with van der Waals surface area (Å²) in [6, 6.07) is 20.7. The van der Waals surface area contributed by atoms with E-state index in [1.54, 1.807) is 0 Å². The van der Waals surface area contributed by atoms with Crippen LogP contribution in [0, 0.1) is 0 Å². The molecule has 1 aliphatic rings. The molecule has 214 valence electrons. The molecule has 11 heteroatoms. The monoisotopic (exact) mass is 559 g/mol. The first kappa shape index (κ1) is 31.2. The van der Waals surface area contributed by atoms with Crippen molar-refractivity contribution < 1.29 is 33.6 Å². The van der Waals surface area contributed by atoms with Crippen molar-refractivity contribution >= 4 is 18.7 Å². The summed E-state index contributed by atoms with van der Waals surface area (Å²) in [6.07, 6.45) is -3.38. The Labute approximate surface area is 231 Å². The quantitative estimate of drug-likeness (QED) is 0.113. The molecular weight excluding hydrogens is 518 g/mol. The van der Waals surface area contributed by atoms with E-state index in [0.29, 0.717) is 19.8 Å². The SMILES string of the molecule is CC(C)(C)[Si](OC[C@@H]1C[C@H](O)[C@H](O)[C@@H](OCCOCCOCCN=[N+]=[N-])O1)(c1ccccc1)c1ccccc1. The summed E-state index contributed by atoms with van der Waals surface area (Å²) >= 11 is 0. The predicted octanol–water partition coefficient (Wildman–Crippen LogP) is 2.76. The minimum absolute atomic E-state index is 0.176. The minimum atomic E-state index is -2.77. The largest absolute Gasteiger partial charge is 0.405 e. The molecule has 2 aromatic rings. The van der Waals surface area contributed by atoms with Crippen LogP contribution in [0.25, 0.3) is 10.4 Å². The first-order valence-electron chi connectivity index (χ1n) is 13.3. The highest BCUT2D eigenvalue weighted by atomic mass is 28.4. The van der Waals surface area contributed by atoms with Crippen LogP contribution in [0.4, 0.5) is 0 Å². The fourth-order valence-electron chi connectivity index (χ4n) is 4.84. The molecule has 0 amide bonds. The van der Waals surface area contributed by atoms with Gasteiger partial charge in [0.1, 0.15) is 6.10 Å². The summed E-state index contributed by atoms with van der Waals surface area (Å²) < 4.78 is 29.5. The maximum absolute atomic E-state index is 10.6. The third-order valence-electron chi connectivity index (χ3n) is 6.69. The van der Waals surface area contributed by atoms with Crippen molar-refractivity contribution in [3.8, 4) is 0 Å². The van der Waals surface area contributed by atoms with E-state index in [9.17, 15) is 10.2 Å². The molecule has 10 nitrogen and oxygen atoms in total. The Morgan fingerprint density at radius 2 is 1.49 bits per heavy atom. The number of aliphatic hydroxyl groups excluding tert-OH is 2. The lowest BCUT2D eigenvalue weighted by Gasteiger charge is -2.44. The maximum Gasteiger partial charge on any atom is 0.261 e. The van der Waals surface area contributed by atoms with Crippen LogP contribution in [-0.2, 0) is 23.4 Å². The molecular formula is C28H41N3O7Si. The lowest BCUT2D eigenvalue weighted by atomic mass is 10.0. The van der Waals surface area contributed by atoms with Crippen molar-refractivity contribution in [3.63, 3.8) is 0 Å². The predicted molar refractivity (Wildman–Crippen MR) is 150 cm³/mol. The van der Waals surface area contributed by atoms with Crippen LogP contribution in [0.3, 0.4) is 0 Å². The highest BCUT2D eigenvalue weighted by Gasteiger charge is 2.51. The van der Waals surface area contributed by atoms with Gasteiger partial charge >= 0.3 is 0 Å². The number of ether oxygens (including phenoxy) is 4. The van der Waals surface area contributed by atoms with E-state index in [1.165, 1.54) is 0 Å². The van der Waals surface area contributed by atoms with Crippen molar-refractivity contribution in [2.75, 3.05) is 46.2 Å². The molecule has 1 fully saturated rings. The molecule has 0 unspecified atom stereocenters. The molecule has 0 aromatic heterocycles. The Balaban J connectivity index is 1.60. The van der Waals surface area contributed by atoms with Gasteiger partial charge in [0.2, 0.25) is 0 Å². The molecule has 3 rings (SSSR count). The van der Waals surface area contributed by atoms with Crippen LogP contribution >= 0.6 is 0 Å². The van der Waals surface area contributed by atoms with Gasteiger partial charge in [-0.2, -0.15) is 0 Å². The smallest absolute Gasteiger partial charge is 0.261 e. The van der Waals surface area contributed by atoms with Crippen LogP contribution in [0.2, 0.25) is 5.04 Å². The van der Waals surface area contributed by atoms with Gasteiger partial charge in [-0.1, -0.05) is 86.5 Å². The van der Waals surface area contributed by atoms with Crippen molar-refractivity contribution in [3.05, 3.63) is 71.1 Å². The van der Waals surface area contributed by atoms with Gasteiger partial charge in [0.05, 0.1) is 51.8 Å². The second-order valence-corrected chi connectivity index (χ2v) is 14.8. The van der Waals surface area contributed by atoms with Gasteiger partial charge in [-0.05, 0) is 20.9 Å². The van der Waals surface area contributed by atoms with E-state index in [0.717, 1.165) is 10.4 Å². The number of rotatable bonds is 15. The van der Waals surface area contributed by atoms with Gasteiger partial charge in [0, 0.05) is 17.9 Å². The van der Waals surface area contributed by atoms with Crippen molar-refractivity contribution in [2.45, 2.75) is 56.8 Å². The topological polar surface area (TPSA) is 135 Å². The number of hydrogen-bond donors (Lipinski definition) is 2. The Morgan fingerprint density at radius 3 is 2.05 bits per heavy atom. The Bertz CT molecular complexity index is 979. The summed E-state index contributed by atoms with van der Waals surface area (Å²) in [7, 11) is -2.77. The molecule has 1 heterocycles. The van der Waals surface area contributed by atoms with Crippen molar-refractivity contribution in [2.24, 2.45) is 5.11 Å². The third kappa shape index (κ3) is 8.58. The maximum atomic E-state index is 10.6. The van der Waals surface area contributed by atoms with Gasteiger partial charge in [-0.15, -0.1) is 0 Å². The number of benzene rings is 2. The molecule has 0 spiro atoms. The molecule has 4 atom stereocenters. The molecule has 0 saturated carbocycles. The first-order chi connectivity index (χ1) is 18.8. The molecule has 0 bridgehead atoms. The van der Waals surface area contributed by atoms with E-state index in [4.69, 9.17) is 28.9 Å². The van der Waals surface area contributed by atoms with Gasteiger partial charge in [-0.3, -0.25) is 0 Å². The number of azide groups is 1. The van der Waals surface area contributed by atoms with Crippen molar-refractivity contribution in [1.29, 1.82) is 0 Å². The second kappa shape index (κ2) is 15.5. The highest BCUT2D eigenvalue weighted by Crippen LogP contribution is 2.37. The Hall–Kier alpha value is -2.31. The van der Waals surface area contributed by atoms with Gasteiger partial charge < -0.3 is 33.6 Å². The van der Waals surface area contributed by atoms with Gasteiger partial charge in [0.15, 0.2) is 6.29 Å². The van der Waals surface area contributed by atoms with Crippen LogP contribution in [0.15, 0.2) is 65.8 Å².